The number of rotatable bonds is 6. The number of sulfone groups is 1. The average molecular weight is 449 g/mol. The van der Waals surface area contributed by atoms with Gasteiger partial charge in [-0.1, -0.05) is 48.9 Å². The van der Waals surface area contributed by atoms with Crippen molar-refractivity contribution in [3.8, 4) is 0 Å². The highest BCUT2D eigenvalue weighted by atomic mass is 32.2. The fourth-order valence-electron chi connectivity index (χ4n) is 4.14. The molecule has 1 aliphatic carbocycles. The number of amides is 2. The van der Waals surface area contributed by atoms with Gasteiger partial charge in [0.15, 0.2) is 0 Å². The van der Waals surface area contributed by atoms with Crippen molar-refractivity contribution in [1.82, 2.24) is 5.32 Å². The largest absolute Gasteiger partial charge is 0.337 e. The van der Waals surface area contributed by atoms with E-state index >= 15 is 0 Å². The van der Waals surface area contributed by atoms with Crippen LogP contribution in [0.5, 0.6) is 0 Å². The van der Waals surface area contributed by atoms with Gasteiger partial charge >= 0.3 is 6.03 Å². The third kappa shape index (κ3) is 4.41. The van der Waals surface area contributed by atoms with Crippen LogP contribution in [-0.4, -0.2) is 21.0 Å². The first kappa shape index (κ1) is 22.1. The molecular formula is C26H28N2O3S. The lowest BCUT2D eigenvalue weighted by Crippen LogP contribution is -2.46. The Balaban J connectivity index is 1.44. The number of benzene rings is 3. The van der Waals surface area contributed by atoms with Gasteiger partial charge in [-0.05, 0) is 73.7 Å². The first-order valence-corrected chi connectivity index (χ1v) is 12.3. The Bertz CT molecular complexity index is 1230. The molecule has 5 nitrogen and oxygen atoms in total. The summed E-state index contributed by atoms with van der Waals surface area (Å²) in [5.41, 5.74) is 4.19. The molecule has 0 radical (unpaired) electrons. The number of urea groups is 1. The molecular weight excluding hydrogens is 420 g/mol. The second-order valence-electron chi connectivity index (χ2n) is 8.58. The Morgan fingerprint density at radius 1 is 0.875 bits per heavy atom. The Labute approximate surface area is 189 Å². The minimum atomic E-state index is -3.64. The zero-order valence-electron chi connectivity index (χ0n) is 18.4. The van der Waals surface area contributed by atoms with Gasteiger partial charge in [-0.2, -0.15) is 0 Å². The second kappa shape index (κ2) is 8.79. The Morgan fingerprint density at radius 2 is 1.59 bits per heavy atom. The van der Waals surface area contributed by atoms with Crippen LogP contribution in [-0.2, 0) is 15.3 Å². The fraction of sp³-hybridized carbons (Fsp3) is 0.269. The Kier molecular flexibility index (Phi) is 6.07. The SMILES string of the molecule is Cc1ccc(C2(CNC(=O)Nc3cccc(S(=O)(=O)c4ccccc4)c3)CCC2)cc1C. The number of aryl methyl sites for hydroxylation is 2. The summed E-state index contributed by atoms with van der Waals surface area (Å²) in [5, 5.41) is 5.78. The van der Waals surface area contributed by atoms with E-state index in [4.69, 9.17) is 0 Å². The summed E-state index contributed by atoms with van der Waals surface area (Å²) in [4.78, 5) is 13.0. The van der Waals surface area contributed by atoms with Crippen LogP contribution in [0.1, 0.15) is 36.0 Å². The van der Waals surface area contributed by atoms with Crippen molar-refractivity contribution in [3.63, 3.8) is 0 Å². The molecule has 0 aliphatic heterocycles. The van der Waals surface area contributed by atoms with Crippen molar-refractivity contribution in [2.45, 2.75) is 48.3 Å². The van der Waals surface area contributed by atoms with E-state index in [1.165, 1.54) is 28.8 Å². The summed E-state index contributed by atoms with van der Waals surface area (Å²) < 4.78 is 25.7. The molecule has 166 valence electrons. The highest BCUT2D eigenvalue weighted by Crippen LogP contribution is 2.43. The molecule has 1 fully saturated rings. The van der Waals surface area contributed by atoms with Crippen molar-refractivity contribution in [2.24, 2.45) is 0 Å². The number of carbonyl (C=O) groups excluding carboxylic acids is 1. The van der Waals surface area contributed by atoms with Gasteiger partial charge in [0.25, 0.3) is 0 Å². The monoisotopic (exact) mass is 448 g/mol. The maximum absolute atomic E-state index is 12.9. The summed E-state index contributed by atoms with van der Waals surface area (Å²) in [6.45, 7) is 4.76. The fourth-order valence-corrected chi connectivity index (χ4v) is 5.47. The van der Waals surface area contributed by atoms with Crippen LogP contribution >= 0.6 is 0 Å². The number of anilines is 1. The van der Waals surface area contributed by atoms with Crippen molar-refractivity contribution in [2.75, 3.05) is 11.9 Å². The highest BCUT2D eigenvalue weighted by Gasteiger charge is 2.39. The van der Waals surface area contributed by atoms with Gasteiger partial charge in [-0.25, -0.2) is 13.2 Å². The molecule has 0 atom stereocenters. The van der Waals surface area contributed by atoms with Crippen LogP contribution in [0.2, 0.25) is 0 Å². The van der Waals surface area contributed by atoms with E-state index in [2.05, 4.69) is 42.7 Å². The molecule has 0 unspecified atom stereocenters. The summed E-state index contributed by atoms with van der Waals surface area (Å²) >= 11 is 0. The van der Waals surface area contributed by atoms with E-state index in [1.54, 1.807) is 42.5 Å². The predicted molar refractivity (Wildman–Crippen MR) is 127 cm³/mol. The zero-order chi connectivity index (χ0) is 22.8. The Morgan fingerprint density at radius 3 is 2.25 bits per heavy atom. The van der Waals surface area contributed by atoms with Crippen LogP contribution < -0.4 is 10.6 Å². The molecule has 0 aromatic heterocycles. The minimum absolute atomic E-state index is 0.0334. The topological polar surface area (TPSA) is 75.3 Å². The van der Waals surface area contributed by atoms with Gasteiger partial charge in [-0.15, -0.1) is 0 Å². The molecule has 6 heteroatoms. The highest BCUT2D eigenvalue weighted by molar-refractivity contribution is 7.91. The van der Waals surface area contributed by atoms with Crippen molar-refractivity contribution in [3.05, 3.63) is 89.5 Å². The van der Waals surface area contributed by atoms with E-state index in [0.717, 1.165) is 19.3 Å². The minimum Gasteiger partial charge on any atom is -0.337 e. The third-order valence-corrected chi connectivity index (χ3v) is 8.24. The molecule has 0 bridgehead atoms. The second-order valence-corrected chi connectivity index (χ2v) is 10.5. The van der Waals surface area contributed by atoms with E-state index < -0.39 is 9.84 Å². The van der Waals surface area contributed by atoms with Gasteiger partial charge in [0.05, 0.1) is 9.79 Å². The molecule has 0 heterocycles. The molecule has 3 aromatic rings. The molecule has 32 heavy (non-hydrogen) atoms. The van der Waals surface area contributed by atoms with Crippen LogP contribution in [0, 0.1) is 13.8 Å². The summed E-state index contributed by atoms with van der Waals surface area (Å²) in [6, 6.07) is 20.8. The molecule has 1 aliphatic rings. The molecule has 1 saturated carbocycles. The quantitative estimate of drug-likeness (QED) is 0.532. The third-order valence-electron chi connectivity index (χ3n) is 6.47. The normalized spacial score (nSPS) is 14.9. The smallest absolute Gasteiger partial charge is 0.319 e. The summed E-state index contributed by atoms with van der Waals surface area (Å²) in [6.07, 6.45) is 3.23. The van der Waals surface area contributed by atoms with E-state index in [0.29, 0.717) is 12.2 Å². The van der Waals surface area contributed by atoms with Gasteiger partial charge in [-0.3, -0.25) is 0 Å². The summed E-state index contributed by atoms with van der Waals surface area (Å²) in [7, 11) is -3.64. The van der Waals surface area contributed by atoms with Crippen molar-refractivity contribution in [1.29, 1.82) is 0 Å². The Hall–Kier alpha value is -3.12. The van der Waals surface area contributed by atoms with Gasteiger partial charge < -0.3 is 10.6 Å². The standard InChI is InChI=1S/C26H28N2O3S/c1-19-12-13-21(16-20(19)2)26(14-7-15-26)18-27-25(29)28-22-8-6-11-24(17-22)32(30,31)23-9-4-3-5-10-23/h3-6,8-13,16-17H,7,14-15,18H2,1-2H3,(H2,27,28,29). The number of carbonyl (C=O) groups is 1. The molecule has 4 rings (SSSR count). The van der Waals surface area contributed by atoms with Crippen LogP contribution in [0.4, 0.5) is 10.5 Å². The molecule has 0 saturated heterocycles. The number of nitrogens with one attached hydrogen (secondary N) is 2. The summed E-state index contributed by atoms with van der Waals surface area (Å²) in [5.74, 6) is 0. The first-order chi connectivity index (χ1) is 15.3. The van der Waals surface area contributed by atoms with E-state index in [-0.39, 0.29) is 21.2 Å². The van der Waals surface area contributed by atoms with E-state index in [9.17, 15) is 13.2 Å². The number of hydrogen-bond donors (Lipinski definition) is 2. The molecule has 0 spiro atoms. The van der Waals surface area contributed by atoms with Gasteiger partial charge in [0, 0.05) is 17.6 Å². The van der Waals surface area contributed by atoms with Crippen LogP contribution in [0.15, 0.2) is 82.6 Å². The zero-order valence-corrected chi connectivity index (χ0v) is 19.2. The molecule has 2 amide bonds. The number of hydrogen-bond acceptors (Lipinski definition) is 3. The lowest BCUT2D eigenvalue weighted by atomic mass is 9.64. The van der Waals surface area contributed by atoms with E-state index in [1.807, 2.05) is 0 Å². The van der Waals surface area contributed by atoms with Crippen molar-refractivity contribution >= 4 is 21.6 Å². The van der Waals surface area contributed by atoms with Crippen LogP contribution in [0.25, 0.3) is 0 Å². The maximum Gasteiger partial charge on any atom is 0.319 e. The average Bonchev–Trinajstić information content (AvgIpc) is 2.76. The first-order valence-electron chi connectivity index (χ1n) is 10.8. The lowest BCUT2D eigenvalue weighted by Gasteiger charge is -2.43. The van der Waals surface area contributed by atoms with Crippen LogP contribution in [0.3, 0.4) is 0 Å². The maximum atomic E-state index is 12.9. The van der Waals surface area contributed by atoms with Crippen molar-refractivity contribution < 1.29 is 13.2 Å². The molecule has 2 N–H and O–H groups in total. The predicted octanol–water partition coefficient (Wildman–Crippen LogP) is 5.38. The lowest BCUT2D eigenvalue weighted by molar-refractivity contribution is 0.222. The van der Waals surface area contributed by atoms with Gasteiger partial charge in [0.2, 0.25) is 9.84 Å². The molecule has 3 aromatic carbocycles. The van der Waals surface area contributed by atoms with Gasteiger partial charge in [0.1, 0.15) is 0 Å².